The smallest absolute Gasteiger partial charge is 0.289 e. The Morgan fingerprint density at radius 1 is 1.33 bits per heavy atom. The third-order valence-corrected chi connectivity index (χ3v) is 4.67. The lowest BCUT2D eigenvalue weighted by atomic mass is 10.1. The monoisotopic (exact) mass is 328 g/mol. The zero-order valence-electron chi connectivity index (χ0n) is 13.6. The van der Waals surface area contributed by atoms with Gasteiger partial charge in [-0.1, -0.05) is 0 Å². The normalized spacial score (nSPS) is 26.2. The second-order valence-electron chi connectivity index (χ2n) is 6.23. The van der Waals surface area contributed by atoms with Gasteiger partial charge in [-0.2, -0.15) is 0 Å². The highest BCUT2D eigenvalue weighted by molar-refractivity contribution is 5.92. The highest BCUT2D eigenvalue weighted by atomic mass is 16.5. The first-order valence-electron chi connectivity index (χ1n) is 8.28. The lowest BCUT2D eigenvalue weighted by molar-refractivity contribution is -0.0792. The van der Waals surface area contributed by atoms with Crippen LogP contribution < -0.4 is 4.74 Å². The number of fused-ring (bicyclic) bond motifs is 1. The first-order valence-corrected chi connectivity index (χ1v) is 8.28. The molecule has 6 nitrogen and oxygen atoms in total. The summed E-state index contributed by atoms with van der Waals surface area (Å²) in [5, 5.41) is 0. The van der Waals surface area contributed by atoms with Crippen LogP contribution in [0.15, 0.2) is 41.1 Å². The molecule has 2 aliphatic rings. The molecule has 1 saturated heterocycles. The van der Waals surface area contributed by atoms with Gasteiger partial charge in [0.2, 0.25) is 0 Å². The lowest BCUT2D eigenvalue weighted by Gasteiger charge is -2.38. The average molecular weight is 328 g/mol. The van der Waals surface area contributed by atoms with Crippen LogP contribution >= 0.6 is 0 Å². The van der Waals surface area contributed by atoms with E-state index < -0.39 is 0 Å². The summed E-state index contributed by atoms with van der Waals surface area (Å²) in [7, 11) is 0. The maximum absolute atomic E-state index is 12.7. The van der Waals surface area contributed by atoms with E-state index in [-0.39, 0.29) is 24.2 Å². The van der Waals surface area contributed by atoms with Crippen LogP contribution in [0.5, 0.6) is 5.75 Å². The minimum atomic E-state index is -0.112. The summed E-state index contributed by atoms with van der Waals surface area (Å²) >= 11 is 0. The molecule has 4 rings (SSSR count). The molecule has 2 aromatic heterocycles. The molecule has 1 saturated carbocycles. The van der Waals surface area contributed by atoms with Gasteiger partial charge >= 0.3 is 0 Å². The van der Waals surface area contributed by atoms with Crippen LogP contribution in [-0.4, -0.2) is 47.2 Å². The molecule has 1 aliphatic heterocycles. The molecule has 0 aromatic carbocycles. The molecule has 0 unspecified atom stereocenters. The van der Waals surface area contributed by atoms with E-state index in [2.05, 4.69) is 4.98 Å². The summed E-state index contributed by atoms with van der Waals surface area (Å²) in [4.78, 5) is 18.7. The van der Waals surface area contributed by atoms with Crippen molar-refractivity contribution in [3.8, 4) is 5.75 Å². The van der Waals surface area contributed by atoms with Crippen LogP contribution in [0.25, 0.3) is 0 Å². The van der Waals surface area contributed by atoms with Crippen LogP contribution in [0.1, 0.15) is 29.2 Å². The number of pyridine rings is 1. The Morgan fingerprint density at radius 3 is 3.00 bits per heavy atom. The highest BCUT2D eigenvalue weighted by Gasteiger charge is 2.46. The first kappa shape index (κ1) is 15.2. The molecule has 126 valence electrons. The fraction of sp³-hybridized carbons (Fsp3) is 0.444. The van der Waals surface area contributed by atoms with Gasteiger partial charge in [0.1, 0.15) is 23.7 Å². The molecular formula is C18H20N2O4. The number of ether oxygens (including phenoxy) is 2. The van der Waals surface area contributed by atoms with E-state index in [9.17, 15) is 4.79 Å². The van der Waals surface area contributed by atoms with Crippen molar-refractivity contribution in [2.75, 3.05) is 13.2 Å². The van der Waals surface area contributed by atoms with Crippen LogP contribution in [-0.2, 0) is 4.74 Å². The van der Waals surface area contributed by atoms with Gasteiger partial charge in [0.15, 0.2) is 5.76 Å². The molecule has 0 radical (unpaired) electrons. The fourth-order valence-corrected chi connectivity index (χ4v) is 3.58. The SMILES string of the molecule is Cc1ccc(C(=O)N2CCO[C@@H]3[C@@H](Oc4cccnc4)CC[C@H]32)o1. The van der Waals surface area contributed by atoms with Crippen molar-refractivity contribution in [2.45, 2.75) is 38.0 Å². The van der Waals surface area contributed by atoms with Crippen LogP contribution in [0.2, 0.25) is 0 Å². The maximum Gasteiger partial charge on any atom is 0.289 e. The van der Waals surface area contributed by atoms with Crippen molar-refractivity contribution in [2.24, 2.45) is 0 Å². The Bertz CT molecular complexity index is 715. The quantitative estimate of drug-likeness (QED) is 0.866. The Balaban J connectivity index is 1.49. The van der Waals surface area contributed by atoms with Gasteiger partial charge in [-0.05, 0) is 44.0 Å². The largest absolute Gasteiger partial charge is 0.486 e. The number of nitrogens with zero attached hydrogens (tertiary/aromatic N) is 2. The average Bonchev–Trinajstić information content (AvgIpc) is 3.22. The van der Waals surface area contributed by atoms with Gasteiger partial charge in [-0.3, -0.25) is 9.78 Å². The van der Waals surface area contributed by atoms with E-state index in [0.717, 1.165) is 24.4 Å². The van der Waals surface area contributed by atoms with Gasteiger partial charge in [0.05, 0.1) is 18.8 Å². The fourth-order valence-electron chi connectivity index (χ4n) is 3.58. The molecule has 0 N–H and O–H groups in total. The molecular weight excluding hydrogens is 308 g/mol. The van der Waals surface area contributed by atoms with E-state index in [1.165, 1.54) is 0 Å². The number of hydrogen-bond donors (Lipinski definition) is 0. The van der Waals surface area contributed by atoms with Crippen molar-refractivity contribution >= 4 is 5.91 Å². The van der Waals surface area contributed by atoms with E-state index >= 15 is 0 Å². The van der Waals surface area contributed by atoms with Crippen molar-refractivity contribution in [3.63, 3.8) is 0 Å². The number of rotatable bonds is 3. The Hall–Kier alpha value is -2.34. The van der Waals surface area contributed by atoms with Gasteiger partial charge in [0, 0.05) is 12.7 Å². The number of amides is 1. The van der Waals surface area contributed by atoms with E-state index in [1.54, 1.807) is 18.5 Å². The second kappa shape index (κ2) is 6.28. The molecule has 3 heterocycles. The summed E-state index contributed by atoms with van der Waals surface area (Å²) in [5.74, 6) is 1.80. The predicted octanol–water partition coefficient (Wildman–Crippen LogP) is 2.43. The summed E-state index contributed by atoms with van der Waals surface area (Å²) in [6.07, 6.45) is 4.96. The third-order valence-electron chi connectivity index (χ3n) is 4.67. The second-order valence-corrected chi connectivity index (χ2v) is 6.23. The number of furan rings is 1. The lowest BCUT2D eigenvalue weighted by Crippen LogP contribution is -2.54. The number of carbonyl (C=O) groups excluding carboxylic acids is 1. The third kappa shape index (κ3) is 2.78. The topological polar surface area (TPSA) is 64.8 Å². The number of aryl methyl sites for hydroxylation is 1. The molecule has 2 fully saturated rings. The molecule has 24 heavy (non-hydrogen) atoms. The Kier molecular flexibility index (Phi) is 3.98. The minimum absolute atomic E-state index is 0.0262. The first-order chi connectivity index (χ1) is 11.7. The number of hydrogen-bond acceptors (Lipinski definition) is 5. The standard InChI is InChI=1S/C18H20N2O4/c1-12-4-6-16(23-12)18(21)20-9-10-22-17-14(20)5-7-15(17)24-13-3-2-8-19-11-13/h2-4,6,8,11,14-15,17H,5,7,9-10H2,1H3/t14-,15+,17+/m1/s1. The summed E-state index contributed by atoms with van der Waals surface area (Å²) in [6.45, 7) is 2.94. The van der Waals surface area contributed by atoms with Crippen molar-refractivity contribution < 1.29 is 18.7 Å². The predicted molar refractivity (Wildman–Crippen MR) is 85.9 cm³/mol. The molecule has 0 bridgehead atoms. The molecule has 3 atom stereocenters. The van der Waals surface area contributed by atoms with E-state index in [4.69, 9.17) is 13.9 Å². The zero-order valence-corrected chi connectivity index (χ0v) is 13.6. The number of carbonyl (C=O) groups is 1. The summed E-state index contributed by atoms with van der Waals surface area (Å²) < 4.78 is 17.5. The number of morpholine rings is 1. The molecule has 6 heteroatoms. The van der Waals surface area contributed by atoms with Gasteiger partial charge in [-0.25, -0.2) is 0 Å². The molecule has 0 spiro atoms. The highest BCUT2D eigenvalue weighted by Crippen LogP contribution is 2.33. The number of aromatic nitrogens is 1. The van der Waals surface area contributed by atoms with Crippen LogP contribution in [0.3, 0.4) is 0 Å². The van der Waals surface area contributed by atoms with Gasteiger partial charge in [-0.15, -0.1) is 0 Å². The van der Waals surface area contributed by atoms with Gasteiger partial charge in [0.25, 0.3) is 5.91 Å². The van der Waals surface area contributed by atoms with E-state index in [0.29, 0.717) is 18.9 Å². The van der Waals surface area contributed by atoms with Gasteiger partial charge < -0.3 is 18.8 Å². The van der Waals surface area contributed by atoms with Crippen molar-refractivity contribution in [3.05, 3.63) is 48.2 Å². The minimum Gasteiger partial charge on any atom is -0.486 e. The molecule has 2 aromatic rings. The van der Waals surface area contributed by atoms with Crippen LogP contribution in [0, 0.1) is 6.92 Å². The molecule has 1 amide bonds. The maximum atomic E-state index is 12.7. The Morgan fingerprint density at radius 2 is 2.25 bits per heavy atom. The summed E-state index contributed by atoms with van der Waals surface area (Å²) in [5.41, 5.74) is 0. The van der Waals surface area contributed by atoms with Crippen molar-refractivity contribution in [1.29, 1.82) is 0 Å². The van der Waals surface area contributed by atoms with Crippen molar-refractivity contribution in [1.82, 2.24) is 9.88 Å². The van der Waals surface area contributed by atoms with Crippen LogP contribution in [0.4, 0.5) is 0 Å². The Labute approximate surface area is 140 Å². The zero-order chi connectivity index (χ0) is 16.5. The molecule has 1 aliphatic carbocycles. The summed E-state index contributed by atoms with van der Waals surface area (Å²) in [6, 6.07) is 7.31. The van der Waals surface area contributed by atoms with E-state index in [1.807, 2.05) is 30.0 Å².